The summed E-state index contributed by atoms with van der Waals surface area (Å²) in [5, 5.41) is 4.36. The Morgan fingerprint density at radius 1 is 1.33 bits per heavy atom. The van der Waals surface area contributed by atoms with E-state index in [0.717, 1.165) is 24.2 Å². The first kappa shape index (κ1) is 13.1. The van der Waals surface area contributed by atoms with E-state index in [1.165, 1.54) is 6.42 Å². The van der Waals surface area contributed by atoms with Gasteiger partial charge in [-0.25, -0.2) is 0 Å². The quantitative estimate of drug-likeness (QED) is 0.806. The van der Waals surface area contributed by atoms with Crippen LogP contribution in [0.4, 0.5) is 0 Å². The summed E-state index contributed by atoms with van der Waals surface area (Å²) in [6.07, 6.45) is 3.46. The zero-order chi connectivity index (χ0) is 13.3. The zero-order valence-electron chi connectivity index (χ0n) is 11.8. The molecule has 18 heavy (non-hydrogen) atoms. The number of carbonyl (C=O) groups excluding carboxylic acids is 1. The molecule has 1 aliphatic heterocycles. The second kappa shape index (κ2) is 5.12. The van der Waals surface area contributed by atoms with Crippen LogP contribution < -0.4 is 0 Å². The number of hydrogen-bond acceptors (Lipinski definition) is 2. The van der Waals surface area contributed by atoms with Crippen LogP contribution in [0.3, 0.4) is 0 Å². The lowest BCUT2D eigenvalue weighted by Gasteiger charge is -2.39. The first-order chi connectivity index (χ1) is 8.49. The van der Waals surface area contributed by atoms with Gasteiger partial charge in [0, 0.05) is 17.8 Å². The summed E-state index contributed by atoms with van der Waals surface area (Å²) >= 11 is 0. The SMILES string of the molecule is Cc1cc(C)n(CC(=O)N2C(C)CCCC2C)n1. The van der Waals surface area contributed by atoms with Gasteiger partial charge < -0.3 is 4.90 Å². The molecule has 0 aliphatic carbocycles. The van der Waals surface area contributed by atoms with E-state index in [1.54, 1.807) is 0 Å². The predicted octanol–water partition coefficient (Wildman–Crippen LogP) is 2.29. The lowest BCUT2D eigenvalue weighted by molar-refractivity contribution is -0.138. The molecular weight excluding hydrogens is 226 g/mol. The van der Waals surface area contributed by atoms with Crippen molar-refractivity contribution in [1.82, 2.24) is 14.7 Å². The number of rotatable bonds is 2. The molecule has 4 heteroatoms. The number of nitrogens with zero attached hydrogens (tertiary/aromatic N) is 3. The van der Waals surface area contributed by atoms with Crippen molar-refractivity contribution in [3.8, 4) is 0 Å². The van der Waals surface area contributed by atoms with Gasteiger partial charge in [0.2, 0.25) is 5.91 Å². The van der Waals surface area contributed by atoms with E-state index in [4.69, 9.17) is 0 Å². The second-order valence-electron chi connectivity index (χ2n) is 5.51. The van der Waals surface area contributed by atoms with E-state index in [-0.39, 0.29) is 5.91 Å². The van der Waals surface area contributed by atoms with Crippen LogP contribution in [0.1, 0.15) is 44.5 Å². The standard InChI is InChI=1S/C14H23N3O/c1-10-8-13(4)16(15-10)9-14(18)17-11(2)6-5-7-12(17)3/h8,11-12H,5-7,9H2,1-4H3. The number of aryl methyl sites for hydroxylation is 2. The normalized spacial score (nSPS) is 24.3. The molecular formula is C14H23N3O. The van der Waals surface area contributed by atoms with Crippen LogP contribution in [0.25, 0.3) is 0 Å². The number of carbonyl (C=O) groups is 1. The zero-order valence-corrected chi connectivity index (χ0v) is 11.8. The monoisotopic (exact) mass is 249 g/mol. The number of amides is 1. The van der Waals surface area contributed by atoms with Gasteiger partial charge in [0.05, 0.1) is 5.69 Å². The number of piperidine rings is 1. The van der Waals surface area contributed by atoms with Crippen molar-refractivity contribution in [2.75, 3.05) is 0 Å². The maximum Gasteiger partial charge on any atom is 0.244 e. The highest BCUT2D eigenvalue weighted by molar-refractivity contribution is 5.76. The highest BCUT2D eigenvalue weighted by Crippen LogP contribution is 2.22. The third-order valence-corrected chi connectivity index (χ3v) is 3.87. The van der Waals surface area contributed by atoms with Gasteiger partial charge in [-0.3, -0.25) is 9.48 Å². The van der Waals surface area contributed by atoms with Gasteiger partial charge in [-0.1, -0.05) is 0 Å². The molecule has 0 radical (unpaired) electrons. The van der Waals surface area contributed by atoms with E-state index in [1.807, 2.05) is 29.5 Å². The molecule has 1 saturated heterocycles. The van der Waals surface area contributed by atoms with Crippen molar-refractivity contribution in [2.45, 2.75) is 65.6 Å². The predicted molar refractivity (Wildman–Crippen MR) is 71.3 cm³/mol. The van der Waals surface area contributed by atoms with Crippen LogP contribution in [-0.2, 0) is 11.3 Å². The Labute approximate surface area is 109 Å². The van der Waals surface area contributed by atoms with E-state index >= 15 is 0 Å². The van der Waals surface area contributed by atoms with Crippen LogP contribution in [-0.4, -0.2) is 32.7 Å². The highest BCUT2D eigenvalue weighted by atomic mass is 16.2. The minimum atomic E-state index is 0.195. The summed E-state index contributed by atoms with van der Waals surface area (Å²) in [4.78, 5) is 14.5. The van der Waals surface area contributed by atoms with Gasteiger partial charge >= 0.3 is 0 Å². The molecule has 1 amide bonds. The van der Waals surface area contributed by atoms with Crippen LogP contribution >= 0.6 is 0 Å². The fraction of sp³-hybridized carbons (Fsp3) is 0.714. The molecule has 0 N–H and O–H groups in total. The fourth-order valence-corrected chi connectivity index (χ4v) is 2.96. The van der Waals surface area contributed by atoms with Crippen LogP contribution in [0.2, 0.25) is 0 Å². The fourth-order valence-electron chi connectivity index (χ4n) is 2.96. The summed E-state index contributed by atoms with van der Waals surface area (Å²) in [7, 11) is 0. The number of likely N-dealkylation sites (tertiary alicyclic amines) is 1. The Balaban J connectivity index is 2.09. The number of hydrogen-bond donors (Lipinski definition) is 0. The van der Waals surface area contributed by atoms with Crippen LogP contribution in [0.5, 0.6) is 0 Å². The summed E-state index contributed by atoms with van der Waals surface area (Å²) in [6, 6.07) is 2.73. The van der Waals surface area contributed by atoms with Gasteiger partial charge in [-0.15, -0.1) is 0 Å². The van der Waals surface area contributed by atoms with Crippen molar-refractivity contribution in [1.29, 1.82) is 0 Å². The Bertz CT molecular complexity index is 428. The molecule has 2 heterocycles. The molecule has 2 rings (SSSR count). The molecule has 0 spiro atoms. The number of aromatic nitrogens is 2. The van der Waals surface area contributed by atoms with Gasteiger partial charge in [0.15, 0.2) is 0 Å². The molecule has 2 atom stereocenters. The largest absolute Gasteiger partial charge is 0.336 e. The summed E-state index contributed by atoms with van der Waals surface area (Å²) in [5.74, 6) is 0.195. The van der Waals surface area contributed by atoms with E-state index in [9.17, 15) is 4.79 Å². The Morgan fingerprint density at radius 3 is 2.44 bits per heavy atom. The average Bonchev–Trinajstić information content (AvgIpc) is 2.57. The maximum atomic E-state index is 12.4. The molecule has 0 saturated carbocycles. The summed E-state index contributed by atoms with van der Waals surface area (Å²) in [6.45, 7) is 8.62. The minimum absolute atomic E-state index is 0.195. The third-order valence-electron chi connectivity index (χ3n) is 3.87. The molecule has 100 valence electrons. The molecule has 0 bridgehead atoms. The molecule has 1 aromatic rings. The Kier molecular flexibility index (Phi) is 3.73. The molecule has 2 unspecified atom stereocenters. The summed E-state index contributed by atoms with van der Waals surface area (Å²) < 4.78 is 1.81. The molecule has 1 aliphatic rings. The van der Waals surface area contributed by atoms with Gasteiger partial charge in [0.1, 0.15) is 6.54 Å². The Morgan fingerprint density at radius 2 is 1.94 bits per heavy atom. The first-order valence-electron chi connectivity index (χ1n) is 6.81. The van der Waals surface area contributed by atoms with Gasteiger partial charge in [0.25, 0.3) is 0 Å². The lowest BCUT2D eigenvalue weighted by Crippen LogP contribution is -2.48. The van der Waals surface area contributed by atoms with E-state index < -0.39 is 0 Å². The third kappa shape index (κ3) is 2.57. The minimum Gasteiger partial charge on any atom is -0.336 e. The van der Waals surface area contributed by atoms with Gasteiger partial charge in [-0.05, 0) is 53.0 Å². The summed E-state index contributed by atoms with van der Waals surface area (Å²) in [5.41, 5.74) is 2.03. The second-order valence-corrected chi connectivity index (χ2v) is 5.51. The molecule has 1 fully saturated rings. The van der Waals surface area contributed by atoms with E-state index in [0.29, 0.717) is 18.6 Å². The van der Waals surface area contributed by atoms with Crippen molar-refractivity contribution in [3.63, 3.8) is 0 Å². The topological polar surface area (TPSA) is 38.1 Å². The maximum absolute atomic E-state index is 12.4. The van der Waals surface area contributed by atoms with Crippen LogP contribution in [0.15, 0.2) is 6.07 Å². The lowest BCUT2D eigenvalue weighted by atomic mass is 9.97. The molecule has 1 aromatic heterocycles. The smallest absolute Gasteiger partial charge is 0.244 e. The van der Waals surface area contributed by atoms with Crippen molar-refractivity contribution < 1.29 is 4.79 Å². The Hall–Kier alpha value is -1.32. The van der Waals surface area contributed by atoms with E-state index in [2.05, 4.69) is 18.9 Å². The molecule has 4 nitrogen and oxygen atoms in total. The van der Waals surface area contributed by atoms with Crippen LogP contribution in [0, 0.1) is 13.8 Å². The van der Waals surface area contributed by atoms with Gasteiger partial charge in [-0.2, -0.15) is 5.10 Å². The van der Waals surface area contributed by atoms with Crippen molar-refractivity contribution >= 4 is 5.91 Å². The first-order valence-corrected chi connectivity index (χ1v) is 6.81. The average molecular weight is 249 g/mol. The van der Waals surface area contributed by atoms with Crippen molar-refractivity contribution in [2.24, 2.45) is 0 Å². The highest BCUT2D eigenvalue weighted by Gasteiger charge is 2.29. The molecule has 0 aromatic carbocycles. The van der Waals surface area contributed by atoms with Crippen molar-refractivity contribution in [3.05, 3.63) is 17.5 Å².